The molecule has 1 amide bonds. The highest BCUT2D eigenvalue weighted by Crippen LogP contribution is 2.18. The molecule has 0 saturated carbocycles. The zero-order chi connectivity index (χ0) is 17.2. The van der Waals surface area contributed by atoms with Crippen LogP contribution in [-0.4, -0.2) is 59.5 Å². The molecule has 0 aromatic heterocycles. The normalized spacial score (nSPS) is 11.8. The van der Waals surface area contributed by atoms with Crippen molar-refractivity contribution >= 4 is 23.3 Å². The minimum Gasteiger partial charge on any atom is -0.480 e. The molecule has 0 heterocycles. The van der Waals surface area contributed by atoms with Crippen LogP contribution in [0.4, 0.5) is 11.4 Å². The van der Waals surface area contributed by atoms with Crippen molar-refractivity contribution in [2.24, 2.45) is 5.73 Å². The molecule has 128 valence electrons. The van der Waals surface area contributed by atoms with Gasteiger partial charge in [0.25, 0.3) is 0 Å². The topological polar surface area (TPSA) is 136 Å². The predicted octanol–water partition coefficient (Wildman–Crippen LogP) is -0.392. The van der Waals surface area contributed by atoms with Gasteiger partial charge < -0.3 is 31.3 Å². The van der Waals surface area contributed by atoms with Crippen molar-refractivity contribution in [3.8, 4) is 0 Å². The number of hydrogen-bond acceptors (Lipinski definition) is 6. The lowest BCUT2D eigenvalue weighted by molar-refractivity contribution is -0.138. The Morgan fingerprint density at radius 2 is 1.70 bits per heavy atom. The van der Waals surface area contributed by atoms with Gasteiger partial charge in [0.15, 0.2) is 0 Å². The van der Waals surface area contributed by atoms with Crippen LogP contribution in [0, 0.1) is 0 Å². The second-order valence-electron chi connectivity index (χ2n) is 5.01. The Morgan fingerprint density at radius 1 is 1.13 bits per heavy atom. The van der Waals surface area contributed by atoms with E-state index in [-0.39, 0.29) is 32.0 Å². The van der Waals surface area contributed by atoms with E-state index < -0.39 is 12.0 Å². The van der Waals surface area contributed by atoms with Gasteiger partial charge in [-0.2, -0.15) is 0 Å². The van der Waals surface area contributed by atoms with Gasteiger partial charge in [0, 0.05) is 30.9 Å². The Morgan fingerprint density at radius 3 is 2.17 bits per heavy atom. The number of carbonyl (C=O) groups is 2. The molecule has 23 heavy (non-hydrogen) atoms. The Kier molecular flexibility index (Phi) is 8.03. The molecule has 1 aromatic carbocycles. The van der Waals surface area contributed by atoms with E-state index in [1.165, 1.54) is 0 Å². The summed E-state index contributed by atoms with van der Waals surface area (Å²) in [6.45, 7) is 0.753. The molecule has 0 spiro atoms. The second-order valence-corrected chi connectivity index (χ2v) is 5.01. The summed E-state index contributed by atoms with van der Waals surface area (Å²) in [6.07, 6.45) is 0.0936. The zero-order valence-corrected chi connectivity index (χ0v) is 12.8. The number of nitrogens with one attached hydrogen (secondary N) is 1. The number of carboxylic acid groups (broad SMARTS) is 1. The quantitative estimate of drug-likeness (QED) is 0.395. The number of anilines is 2. The number of rotatable bonds is 10. The predicted molar refractivity (Wildman–Crippen MR) is 86.3 cm³/mol. The standard InChI is InChI=1S/C15H23N3O5/c16-13(15(22)23)5-6-14(21)17-11-1-3-12(4-2-11)18(7-9-19)8-10-20/h1-4,13,19-20H,5-10,16H2,(H,17,21)(H,22,23)/t13-/m0/s1. The summed E-state index contributed by atoms with van der Waals surface area (Å²) in [4.78, 5) is 24.1. The summed E-state index contributed by atoms with van der Waals surface area (Å²) in [5.74, 6) is -1.44. The molecule has 1 rings (SSSR count). The highest BCUT2D eigenvalue weighted by atomic mass is 16.4. The third-order valence-electron chi connectivity index (χ3n) is 3.26. The Bertz CT molecular complexity index is 500. The first kappa shape index (κ1) is 18.9. The maximum atomic E-state index is 11.7. The summed E-state index contributed by atoms with van der Waals surface area (Å²) in [6, 6.07) is 5.89. The van der Waals surface area contributed by atoms with Gasteiger partial charge >= 0.3 is 5.97 Å². The van der Waals surface area contributed by atoms with E-state index in [1.807, 2.05) is 4.90 Å². The van der Waals surface area contributed by atoms with Crippen molar-refractivity contribution in [1.82, 2.24) is 0 Å². The highest BCUT2D eigenvalue weighted by molar-refractivity contribution is 5.91. The van der Waals surface area contributed by atoms with E-state index in [1.54, 1.807) is 24.3 Å². The molecule has 0 aliphatic carbocycles. The lowest BCUT2D eigenvalue weighted by atomic mass is 10.1. The van der Waals surface area contributed by atoms with Crippen LogP contribution in [0.25, 0.3) is 0 Å². The van der Waals surface area contributed by atoms with Gasteiger partial charge in [0.1, 0.15) is 6.04 Å². The number of aliphatic hydroxyl groups excluding tert-OH is 2. The number of benzene rings is 1. The van der Waals surface area contributed by atoms with E-state index in [9.17, 15) is 9.59 Å². The van der Waals surface area contributed by atoms with Gasteiger partial charge in [-0.15, -0.1) is 0 Å². The van der Waals surface area contributed by atoms with Gasteiger partial charge in [0.05, 0.1) is 13.2 Å². The largest absolute Gasteiger partial charge is 0.480 e. The van der Waals surface area contributed by atoms with Crippen LogP contribution < -0.4 is 16.0 Å². The monoisotopic (exact) mass is 325 g/mol. The fourth-order valence-electron chi connectivity index (χ4n) is 2.00. The van der Waals surface area contributed by atoms with Gasteiger partial charge in [-0.25, -0.2) is 0 Å². The molecular formula is C15H23N3O5. The third kappa shape index (κ3) is 6.64. The number of carboxylic acids is 1. The molecule has 0 aliphatic heterocycles. The van der Waals surface area contributed by atoms with Gasteiger partial charge in [0.2, 0.25) is 5.91 Å². The van der Waals surface area contributed by atoms with Gasteiger partial charge in [-0.3, -0.25) is 9.59 Å². The summed E-state index contributed by atoms with van der Waals surface area (Å²) in [5.41, 5.74) is 6.74. The molecule has 1 atom stereocenters. The lowest BCUT2D eigenvalue weighted by Crippen LogP contribution is -2.31. The molecule has 0 unspecified atom stereocenters. The summed E-state index contributed by atoms with van der Waals surface area (Å²) >= 11 is 0. The van der Waals surface area contributed by atoms with Crippen LogP contribution in [0.3, 0.4) is 0 Å². The van der Waals surface area contributed by atoms with Crippen molar-refractivity contribution in [3.05, 3.63) is 24.3 Å². The number of nitrogens with two attached hydrogens (primary N) is 1. The number of carbonyl (C=O) groups excluding carboxylic acids is 1. The molecule has 0 radical (unpaired) electrons. The SMILES string of the molecule is N[C@@H](CCC(=O)Nc1ccc(N(CCO)CCO)cc1)C(=O)O. The Hall–Kier alpha value is -2.16. The first-order chi connectivity index (χ1) is 11.0. The van der Waals surface area contributed by atoms with E-state index in [4.69, 9.17) is 21.1 Å². The highest BCUT2D eigenvalue weighted by Gasteiger charge is 2.13. The molecule has 8 nitrogen and oxygen atoms in total. The summed E-state index contributed by atoms with van der Waals surface area (Å²) < 4.78 is 0. The maximum Gasteiger partial charge on any atom is 0.320 e. The van der Waals surface area contributed by atoms with Gasteiger partial charge in [-0.05, 0) is 30.7 Å². The Labute approximate surface area is 134 Å². The smallest absolute Gasteiger partial charge is 0.320 e. The molecule has 6 N–H and O–H groups in total. The van der Waals surface area contributed by atoms with Crippen molar-refractivity contribution in [2.45, 2.75) is 18.9 Å². The average Bonchev–Trinajstić information content (AvgIpc) is 2.53. The Balaban J connectivity index is 2.55. The minimum atomic E-state index is -1.13. The number of hydrogen-bond donors (Lipinski definition) is 5. The second kappa shape index (κ2) is 9.78. The fraction of sp³-hybridized carbons (Fsp3) is 0.467. The average molecular weight is 325 g/mol. The van der Waals surface area contributed by atoms with E-state index in [0.717, 1.165) is 5.69 Å². The van der Waals surface area contributed by atoms with E-state index in [0.29, 0.717) is 18.8 Å². The molecule has 1 aromatic rings. The van der Waals surface area contributed by atoms with Crippen molar-refractivity contribution < 1.29 is 24.9 Å². The zero-order valence-electron chi connectivity index (χ0n) is 12.8. The number of nitrogens with zero attached hydrogens (tertiary/aromatic N) is 1. The third-order valence-corrected chi connectivity index (χ3v) is 3.26. The minimum absolute atomic E-state index is 0.0242. The fourth-order valence-corrected chi connectivity index (χ4v) is 2.00. The van der Waals surface area contributed by atoms with Crippen LogP contribution in [0.2, 0.25) is 0 Å². The van der Waals surface area contributed by atoms with Crippen molar-refractivity contribution in [2.75, 3.05) is 36.5 Å². The van der Waals surface area contributed by atoms with Crippen LogP contribution in [0.1, 0.15) is 12.8 Å². The lowest BCUT2D eigenvalue weighted by Gasteiger charge is -2.23. The number of amides is 1. The molecule has 8 heteroatoms. The number of aliphatic carboxylic acids is 1. The van der Waals surface area contributed by atoms with E-state index in [2.05, 4.69) is 5.32 Å². The van der Waals surface area contributed by atoms with Gasteiger partial charge in [-0.1, -0.05) is 0 Å². The van der Waals surface area contributed by atoms with Crippen LogP contribution in [0.15, 0.2) is 24.3 Å². The molecular weight excluding hydrogens is 302 g/mol. The van der Waals surface area contributed by atoms with Crippen LogP contribution >= 0.6 is 0 Å². The summed E-state index contributed by atoms with van der Waals surface area (Å²) in [5, 5.41) is 29.3. The van der Waals surface area contributed by atoms with E-state index >= 15 is 0 Å². The molecule has 0 aliphatic rings. The van der Waals surface area contributed by atoms with Crippen LogP contribution in [-0.2, 0) is 9.59 Å². The molecule has 0 saturated heterocycles. The van der Waals surface area contributed by atoms with Crippen LogP contribution in [0.5, 0.6) is 0 Å². The van der Waals surface area contributed by atoms with Crippen molar-refractivity contribution in [3.63, 3.8) is 0 Å². The van der Waals surface area contributed by atoms with Crippen molar-refractivity contribution in [1.29, 1.82) is 0 Å². The maximum absolute atomic E-state index is 11.7. The first-order valence-electron chi connectivity index (χ1n) is 7.33. The summed E-state index contributed by atoms with van der Waals surface area (Å²) in [7, 11) is 0. The first-order valence-corrected chi connectivity index (χ1v) is 7.33. The molecule has 0 bridgehead atoms. The molecule has 0 fully saturated rings. The number of aliphatic hydroxyl groups is 2.